The van der Waals surface area contributed by atoms with Gasteiger partial charge in [-0.15, -0.1) is 0 Å². The van der Waals surface area contributed by atoms with Gasteiger partial charge in [-0.25, -0.2) is 0 Å². The van der Waals surface area contributed by atoms with Crippen LogP contribution in [0.4, 0.5) is 0 Å². The van der Waals surface area contributed by atoms with Crippen LogP contribution in [0.2, 0.25) is 0 Å². The van der Waals surface area contributed by atoms with E-state index in [1.165, 1.54) is 12.8 Å². The van der Waals surface area contributed by atoms with E-state index in [-0.39, 0.29) is 12.0 Å². The molecule has 0 bridgehead atoms. The lowest BCUT2D eigenvalue weighted by atomic mass is 9.96. The lowest BCUT2D eigenvalue weighted by Crippen LogP contribution is -2.47. The van der Waals surface area contributed by atoms with Crippen LogP contribution in [0.3, 0.4) is 0 Å². The molecule has 2 aliphatic heterocycles. The minimum absolute atomic E-state index is 0.00452. The van der Waals surface area contributed by atoms with E-state index in [9.17, 15) is 4.79 Å². The Balaban J connectivity index is 1.94. The number of rotatable bonds is 4. The van der Waals surface area contributed by atoms with Crippen molar-refractivity contribution in [1.82, 2.24) is 10.2 Å². The molecular formula is C13H24N2O2. The molecule has 0 radical (unpaired) electrons. The average Bonchev–Trinajstić information content (AvgIpc) is 2.73. The van der Waals surface area contributed by atoms with Gasteiger partial charge in [0.05, 0.1) is 6.61 Å². The molecule has 0 aliphatic carbocycles. The zero-order valence-electron chi connectivity index (χ0n) is 10.9. The summed E-state index contributed by atoms with van der Waals surface area (Å²) < 4.78 is 5.09. The minimum Gasteiger partial charge on any atom is -0.464 e. The van der Waals surface area contributed by atoms with Crippen molar-refractivity contribution < 1.29 is 9.53 Å². The summed E-state index contributed by atoms with van der Waals surface area (Å²) in [7, 11) is 0. The highest BCUT2D eigenvalue weighted by Crippen LogP contribution is 2.21. The minimum atomic E-state index is -0.0207. The van der Waals surface area contributed by atoms with E-state index in [1.807, 2.05) is 0 Å². The summed E-state index contributed by atoms with van der Waals surface area (Å²) in [5.41, 5.74) is 0. The van der Waals surface area contributed by atoms with Crippen LogP contribution in [0.5, 0.6) is 0 Å². The van der Waals surface area contributed by atoms with Gasteiger partial charge >= 0.3 is 5.97 Å². The van der Waals surface area contributed by atoms with Crippen LogP contribution < -0.4 is 5.32 Å². The third-order valence-corrected chi connectivity index (χ3v) is 3.90. The highest BCUT2D eigenvalue weighted by molar-refractivity contribution is 5.77. The molecule has 0 aromatic rings. The molecule has 17 heavy (non-hydrogen) atoms. The molecule has 2 saturated heterocycles. The molecule has 1 unspecified atom stereocenters. The number of esters is 1. The van der Waals surface area contributed by atoms with Gasteiger partial charge in [-0.2, -0.15) is 0 Å². The van der Waals surface area contributed by atoms with Gasteiger partial charge in [0.25, 0.3) is 0 Å². The zero-order valence-corrected chi connectivity index (χ0v) is 10.9. The maximum absolute atomic E-state index is 11.7. The van der Waals surface area contributed by atoms with Crippen molar-refractivity contribution in [3.05, 3.63) is 0 Å². The Morgan fingerprint density at radius 1 is 1.35 bits per heavy atom. The fourth-order valence-electron chi connectivity index (χ4n) is 2.85. The van der Waals surface area contributed by atoms with E-state index < -0.39 is 0 Å². The first kappa shape index (κ1) is 12.8. The van der Waals surface area contributed by atoms with Crippen molar-refractivity contribution in [1.29, 1.82) is 0 Å². The van der Waals surface area contributed by atoms with E-state index in [1.54, 1.807) is 0 Å². The molecule has 1 atom stereocenters. The number of hydrogen-bond acceptors (Lipinski definition) is 4. The first-order chi connectivity index (χ1) is 8.18. The molecule has 2 aliphatic rings. The smallest absolute Gasteiger partial charge is 0.323 e. The molecule has 4 nitrogen and oxygen atoms in total. The van der Waals surface area contributed by atoms with E-state index in [4.69, 9.17) is 4.74 Å². The predicted molar refractivity (Wildman–Crippen MR) is 66.8 cm³/mol. The fourth-order valence-corrected chi connectivity index (χ4v) is 2.85. The topological polar surface area (TPSA) is 41.6 Å². The largest absolute Gasteiger partial charge is 0.464 e. The Morgan fingerprint density at radius 2 is 2.06 bits per heavy atom. The van der Waals surface area contributed by atoms with Crippen LogP contribution in [0.15, 0.2) is 0 Å². The lowest BCUT2D eigenvalue weighted by molar-refractivity contribution is -0.143. The molecular weight excluding hydrogens is 216 g/mol. The highest BCUT2D eigenvalue weighted by Gasteiger charge is 2.34. The van der Waals surface area contributed by atoms with Crippen molar-refractivity contribution in [2.24, 2.45) is 5.92 Å². The van der Waals surface area contributed by atoms with E-state index in [0.717, 1.165) is 32.0 Å². The third kappa shape index (κ3) is 3.19. The molecule has 0 aromatic heterocycles. The average molecular weight is 240 g/mol. The number of carbonyl (C=O) groups is 1. The van der Waals surface area contributed by atoms with Gasteiger partial charge in [0.2, 0.25) is 0 Å². The third-order valence-electron chi connectivity index (χ3n) is 3.90. The predicted octanol–water partition coefficient (Wildman–Crippen LogP) is 1.01. The monoisotopic (exact) mass is 240 g/mol. The SMILES string of the molecule is CC(C)N(CC1CCNCC1)C1CCOC1=O. The zero-order chi connectivity index (χ0) is 12.3. The van der Waals surface area contributed by atoms with Crippen molar-refractivity contribution in [2.75, 3.05) is 26.2 Å². The summed E-state index contributed by atoms with van der Waals surface area (Å²) in [5, 5.41) is 3.39. The van der Waals surface area contributed by atoms with E-state index in [0.29, 0.717) is 12.6 Å². The molecule has 98 valence electrons. The number of ether oxygens (including phenoxy) is 1. The van der Waals surface area contributed by atoms with Crippen molar-refractivity contribution in [2.45, 2.75) is 45.2 Å². The van der Waals surface area contributed by atoms with Crippen LogP contribution in [-0.2, 0) is 9.53 Å². The van der Waals surface area contributed by atoms with E-state index in [2.05, 4.69) is 24.1 Å². The second kappa shape index (κ2) is 5.83. The molecule has 0 aromatic carbocycles. The van der Waals surface area contributed by atoms with Crippen LogP contribution >= 0.6 is 0 Å². The lowest BCUT2D eigenvalue weighted by Gasteiger charge is -2.35. The number of carbonyl (C=O) groups excluding carboxylic acids is 1. The van der Waals surface area contributed by atoms with Gasteiger partial charge in [0.1, 0.15) is 6.04 Å². The molecule has 2 heterocycles. The number of cyclic esters (lactones) is 1. The van der Waals surface area contributed by atoms with Gasteiger partial charge in [0, 0.05) is 19.0 Å². The number of hydrogen-bond donors (Lipinski definition) is 1. The molecule has 1 N–H and O–H groups in total. The van der Waals surface area contributed by atoms with Crippen LogP contribution in [-0.4, -0.2) is 49.2 Å². The van der Waals surface area contributed by atoms with E-state index >= 15 is 0 Å². The summed E-state index contributed by atoms with van der Waals surface area (Å²) in [5.74, 6) is 0.708. The Morgan fingerprint density at radius 3 is 2.59 bits per heavy atom. The molecule has 0 saturated carbocycles. The summed E-state index contributed by atoms with van der Waals surface area (Å²) in [6, 6.07) is 0.422. The van der Waals surface area contributed by atoms with Crippen molar-refractivity contribution >= 4 is 5.97 Å². The molecule has 0 spiro atoms. The van der Waals surface area contributed by atoms with Crippen LogP contribution in [0.1, 0.15) is 33.1 Å². The Kier molecular flexibility index (Phi) is 4.40. The van der Waals surface area contributed by atoms with Gasteiger partial charge in [0.15, 0.2) is 0 Å². The van der Waals surface area contributed by atoms with Gasteiger partial charge < -0.3 is 10.1 Å². The van der Waals surface area contributed by atoms with Gasteiger partial charge in [-0.3, -0.25) is 9.69 Å². The maximum Gasteiger partial charge on any atom is 0.323 e. The van der Waals surface area contributed by atoms with Crippen LogP contribution in [0.25, 0.3) is 0 Å². The Labute approximate surface area is 104 Å². The van der Waals surface area contributed by atoms with Crippen molar-refractivity contribution in [3.63, 3.8) is 0 Å². The van der Waals surface area contributed by atoms with Crippen LogP contribution in [0, 0.1) is 5.92 Å². The number of nitrogens with one attached hydrogen (secondary N) is 1. The first-order valence-electron chi connectivity index (χ1n) is 6.81. The quantitative estimate of drug-likeness (QED) is 0.745. The summed E-state index contributed by atoms with van der Waals surface area (Å²) in [6.07, 6.45) is 3.32. The summed E-state index contributed by atoms with van der Waals surface area (Å²) in [6.45, 7) is 8.22. The first-order valence-corrected chi connectivity index (χ1v) is 6.81. The van der Waals surface area contributed by atoms with Gasteiger partial charge in [-0.1, -0.05) is 0 Å². The second-order valence-electron chi connectivity index (χ2n) is 5.46. The molecule has 2 fully saturated rings. The number of nitrogens with zero attached hydrogens (tertiary/aromatic N) is 1. The normalized spacial score (nSPS) is 26.8. The molecule has 2 rings (SSSR count). The standard InChI is InChI=1S/C13H24N2O2/c1-10(2)15(12-5-8-17-13(12)16)9-11-3-6-14-7-4-11/h10-12,14H,3-9H2,1-2H3. The highest BCUT2D eigenvalue weighted by atomic mass is 16.5. The molecule has 0 amide bonds. The summed E-state index contributed by atoms with van der Waals surface area (Å²) in [4.78, 5) is 14.0. The Hall–Kier alpha value is -0.610. The number of piperidine rings is 1. The van der Waals surface area contributed by atoms with Crippen molar-refractivity contribution in [3.8, 4) is 0 Å². The molecule has 4 heteroatoms. The fraction of sp³-hybridized carbons (Fsp3) is 0.923. The van der Waals surface area contributed by atoms with Gasteiger partial charge in [-0.05, 0) is 45.7 Å². The maximum atomic E-state index is 11.7. The summed E-state index contributed by atoms with van der Waals surface area (Å²) >= 11 is 0. The Bertz CT molecular complexity index is 262. The second-order valence-corrected chi connectivity index (χ2v) is 5.46.